The van der Waals surface area contributed by atoms with E-state index in [0.717, 1.165) is 30.6 Å². The highest BCUT2D eigenvalue weighted by Crippen LogP contribution is 2.29. The molecule has 1 aliphatic heterocycles. The van der Waals surface area contributed by atoms with E-state index in [1.165, 1.54) is 4.88 Å². The molecule has 0 amide bonds. The zero-order valence-corrected chi connectivity index (χ0v) is 11.9. The summed E-state index contributed by atoms with van der Waals surface area (Å²) < 4.78 is 6.57. The Morgan fingerprint density at radius 3 is 3.06 bits per heavy atom. The zero-order valence-electron chi connectivity index (χ0n) is 10.3. The number of likely N-dealkylation sites (N-methyl/N-ethyl adjacent to an activating group) is 1. The van der Waals surface area contributed by atoms with E-state index < -0.39 is 0 Å². The van der Waals surface area contributed by atoms with Crippen molar-refractivity contribution in [2.24, 2.45) is 0 Å². The molecule has 17 heavy (non-hydrogen) atoms. The number of ether oxygens (including phenoxy) is 1. The van der Waals surface area contributed by atoms with Crippen molar-refractivity contribution in [2.45, 2.75) is 19.1 Å². The van der Waals surface area contributed by atoms with Crippen LogP contribution in [0.3, 0.4) is 0 Å². The number of morpholine rings is 1. The molecule has 1 fully saturated rings. The standard InChI is InChI=1S/C12H19ClN2OS/c1-9(11-3-4-12(13)17-11)15(2)8-10-7-14-5-6-16-10/h3-4,9-10,14H,5-8H2,1-2H3. The number of nitrogens with one attached hydrogen (secondary N) is 1. The lowest BCUT2D eigenvalue weighted by atomic mass is 10.2. The van der Waals surface area contributed by atoms with Crippen LogP contribution < -0.4 is 5.32 Å². The normalized spacial score (nSPS) is 22.9. The SMILES string of the molecule is CC(c1ccc(Cl)s1)N(C)CC1CNCCO1. The molecule has 2 heterocycles. The number of halogens is 1. The number of rotatable bonds is 4. The fraction of sp³-hybridized carbons (Fsp3) is 0.667. The minimum atomic E-state index is 0.298. The summed E-state index contributed by atoms with van der Waals surface area (Å²) in [5.41, 5.74) is 0. The Morgan fingerprint density at radius 1 is 1.65 bits per heavy atom. The van der Waals surface area contributed by atoms with Crippen LogP contribution in [0.4, 0.5) is 0 Å². The van der Waals surface area contributed by atoms with Gasteiger partial charge in [-0.3, -0.25) is 4.90 Å². The average molecular weight is 275 g/mol. The summed E-state index contributed by atoms with van der Waals surface area (Å²) in [4.78, 5) is 3.63. The minimum Gasteiger partial charge on any atom is -0.374 e. The van der Waals surface area contributed by atoms with Gasteiger partial charge in [0.25, 0.3) is 0 Å². The number of nitrogens with zero attached hydrogens (tertiary/aromatic N) is 1. The highest BCUT2D eigenvalue weighted by molar-refractivity contribution is 7.16. The van der Waals surface area contributed by atoms with E-state index in [9.17, 15) is 0 Å². The average Bonchev–Trinajstić information content (AvgIpc) is 2.76. The van der Waals surface area contributed by atoms with Gasteiger partial charge in [-0.25, -0.2) is 0 Å². The van der Waals surface area contributed by atoms with Crippen molar-refractivity contribution in [3.63, 3.8) is 0 Å². The summed E-state index contributed by atoms with van der Waals surface area (Å²) in [7, 11) is 2.14. The van der Waals surface area contributed by atoms with Crippen molar-refractivity contribution in [1.29, 1.82) is 0 Å². The Labute approximate surface area is 112 Å². The Balaban J connectivity index is 1.88. The first-order valence-electron chi connectivity index (χ1n) is 5.94. The molecular weight excluding hydrogens is 256 g/mol. The molecule has 0 aliphatic carbocycles. The molecule has 1 aromatic heterocycles. The van der Waals surface area contributed by atoms with Crippen molar-refractivity contribution in [1.82, 2.24) is 10.2 Å². The van der Waals surface area contributed by atoms with Crippen molar-refractivity contribution in [3.05, 3.63) is 21.3 Å². The van der Waals surface area contributed by atoms with Gasteiger partial charge in [-0.05, 0) is 26.1 Å². The number of hydrogen-bond acceptors (Lipinski definition) is 4. The Hall–Kier alpha value is -0.130. The third-order valence-electron chi connectivity index (χ3n) is 3.16. The van der Waals surface area contributed by atoms with Crippen LogP contribution in [0.2, 0.25) is 4.34 Å². The first-order valence-corrected chi connectivity index (χ1v) is 7.14. The predicted molar refractivity (Wildman–Crippen MR) is 73.0 cm³/mol. The van der Waals surface area contributed by atoms with Gasteiger partial charge in [0, 0.05) is 30.6 Å². The third kappa shape index (κ3) is 3.66. The molecule has 3 nitrogen and oxygen atoms in total. The van der Waals surface area contributed by atoms with E-state index >= 15 is 0 Å². The number of hydrogen-bond donors (Lipinski definition) is 1. The Morgan fingerprint density at radius 2 is 2.47 bits per heavy atom. The molecule has 1 saturated heterocycles. The van der Waals surface area contributed by atoms with Gasteiger partial charge >= 0.3 is 0 Å². The van der Waals surface area contributed by atoms with Gasteiger partial charge in [-0.2, -0.15) is 0 Å². The van der Waals surface area contributed by atoms with Crippen LogP contribution in [0, 0.1) is 0 Å². The van der Waals surface area contributed by atoms with Gasteiger partial charge in [-0.15, -0.1) is 11.3 Å². The summed E-state index contributed by atoms with van der Waals surface area (Å²) in [6, 6.07) is 4.46. The molecule has 0 radical (unpaired) electrons. The van der Waals surface area contributed by atoms with E-state index in [4.69, 9.17) is 16.3 Å². The fourth-order valence-corrected chi connectivity index (χ4v) is 3.16. The maximum absolute atomic E-state index is 5.97. The zero-order chi connectivity index (χ0) is 12.3. The summed E-state index contributed by atoms with van der Waals surface area (Å²) in [6.07, 6.45) is 0.298. The van der Waals surface area contributed by atoms with Crippen LogP contribution in [0.25, 0.3) is 0 Å². The summed E-state index contributed by atoms with van der Waals surface area (Å²) in [5.74, 6) is 0. The van der Waals surface area contributed by atoms with Crippen molar-refractivity contribution in [3.8, 4) is 0 Å². The van der Waals surface area contributed by atoms with E-state index in [1.54, 1.807) is 11.3 Å². The van der Waals surface area contributed by atoms with Crippen LogP contribution in [0.5, 0.6) is 0 Å². The largest absolute Gasteiger partial charge is 0.374 e. The van der Waals surface area contributed by atoms with Crippen molar-refractivity contribution >= 4 is 22.9 Å². The molecule has 96 valence electrons. The van der Waals surface area contributed by atoms with Gasteiger partial charge < -0.3 is 10.1 Å². The molecule has 1 aliphatic rings. The Kier molecular flexibility index (Phi) is 4.82. The number of thiophene rings is 1. The topological polar surface area (TPSA) is 24.5 Å². The highest BCUT2D eigenvalue weighted by Gasteiger charge is 2.20. The van der Waals surface area contributed by atoms with Gasteiger partial charge in [0.2, 0.25) is 0 Å². The third-order valence-corrected chi connectivity index (χ3v) is 4.56. The molecule has 5 heteroatoms. The van der Waals surface area contributed by atoms with E-state index in [-0.39, 0.29) is 0 Å². The van der Waals surface area contributed by atoms with Crippen LogP contribution >= 0.6 is 22.9 Å². The van der Waals surface area contributed by atoms with E-state index in [0.29, 0.717) is 12.1 Å². The molecule has 2 unspecified atom stereocenters. The lowest BCUT2D eigenvalue weighted by Crippen LogP contribution is -2.44. The van der Waals surface area contributed by atoms with E-state index in [2.05, 4.69) is 30.3 Å². The molecule has 2 rings (SSSR count). The maximum Gasteiger partial charge on any atom is 0.0931 e. The molecule has 0 saturated carbocycles. The van der Waals surface area contributed by atoms with Crippen LogP contribution in [-0.4, -0.2) is 44.3 Å². The van der Waals surface area contributed by atoms with Gasteiger partial charge in [0.05, 0.1) is 17.0 Å². The summed E-state index contributed by atoms with van der Waals surface area (Å²) in [6.45, 7) is 5.89. The predicted octanol–water partition coefficient (Wildman–Crippen LogP) is 2.38. The second-order valence-electron chi connectivity index (χ2n) is 4.45. The summed E-state index contributed by atoms with van der Waals surface area (Å²) in [5, 5.41) is 3.35. The quantitative estimate of drug-likeness (QED) is 0.912. The van der Waals surface area contributed by atoms with E-state index in [1.807, 2.05) is 6.07 Å². The minimum absolute atomic E-state index is 0.298. The molecule has 1 aromatic rings. The molecule has 0 bridgehead atoms. The monoisotopic (exact) mass is 274 g/mol. The first-order chi connectivity index (χ1) is 8.16. The fourth-order valence-electron chi connectivity index (χ4n) is 1.99. The second kappa shape index (κ2) is 6.16. The molecular formula is C12H19ClN2OS. The lowest BCUT2D eigenvalue weighted by molar-refractivity contribution is 0.00417. The maximum atomic E-state index is 5.97. The van der Waals surface area contributed by atoms with Gasteiger partial charge in [0.1, 0.15) is 0 Å². The van der Waals surface area contributed by atoms with Gasteiger partial charge in [-0.1, -0.05) is 11.6 Å². The first kappa shape index (κ1) is 13.3. The smallest absolute Gasteiger partial charge is 0.0931 e. The molecule has 0 spiro atoms. The van der Waals surface area contributed by atoms with Crippen molar-refractivity contribution in [2.75, 3.05) is 33.3 Å². The van der Waals surface area contributed by atoms with Crippen LogP contribution in [0.15, 0.2) is 12.1 Å². The lowest BCUT2D eigenvalue weighted by Gasteiger charge is -2.31. The summed E-state index contributed by atoms with van der Waals surface area (Å²) >= 11 is 7.62. The second-order valence-corrected chi connectivity index (χ2v) is 6.20. The molecule has 1 N–H and O–H groups in total. The van der Waals surface area contributed by atoms with Crippen molar-refractivity contribution < 1.29 is 4.74 Å². The van der Waals surface area contributed by atoms with Crippen LogP contribution in [0.1, 0.15) is 17.8 Å². The van der Waals surface area contributed by atoms with Gasteiger partial charge in [0.15, 0.2) is 0 Å². The molecule has 2 atom stereocenters. The molecule has 0 aromatic carbocycles. The van der Waals surface area contributed by atoms with Crippen LogP contribution in [-0.2, 0) is 4.74 Å². The Bertz CT molecular complexity index is 352. The highest BCUT2D eigenvalue weighted by atomic mass is 35.5.